The van der Waals surface area contributed by atoms with Gasteiger partial charge in [0.2, 0.25) is 0 Å². The van der Waals surface area contributed by atoms with Crippen LogP contribution in [0.2, 0.25) is 0 Å². The van der Waals surface area contributed by atoms with Crippen molar-refractivity contribution in [3.8, 4) is 0 Å². The predicted molar refractivity (Wildman–Crippen MR) is 94.8 cm³/mol. The summed E-state index contributed by atoms with van der Waals surface area (Å²) >= 11 is 0. The molecule has 1 aromatic carbocycles. The van der Waals surface area contributed by atoms with Crippen molar-refractivity contribution in [2.75, 3.05) is 5.32 Å². The topological polar surface area (TPSA) is 84.2 Å². The maximum atomic E-state index is 12.7. The van der Waals surface area contributed by atoms with Crippen LogP contribution in [0.15, 0.2) is 30.5 Å². The van der Waals surface area contributed by atoms with E-state index in [4.69, 9.17) is 5.11 Å². The number of hydrogen-bond donors (Lipinski definition) is 2. The first-order chi connectivity index (χ1) is 11.9. The van der Waals surface area contributed by atoms with Gasteiger partial charge in [-0.15, -0.1) is 0 Å². The molecule has 0 saturated heterocycles. The number of hydrogen-bond acceptors (Lipinski definition) is 3. The van der Waals surface area contributed by atoms with Gasteiger partial charge in [0.15, 0.2) is 0 Å². The number of anilines is 1. The Bertz CT molecular complexity index is 791. The number of aromatic nitrogens is 2. The van der Waals surface area contributed by atoms with Crippen molar-refractivity contribution in [1.82, 2.24) is 9.78 Å². The van der Waals surface area contributed by atoms with Crippen molar-refractivity contribution in [2.24, 2.45) is 5.92 Å². The first kappa shape index (κ1) is 17.2. The average molecular weight is 341 g/mol. The van der Waals surface area contributed by atoms with Gasteiger partial charge in [-0.1, -0.05) is 26.0 Å². The van der Waals surface area contributed by atoms with Crippen LogP contribution >= 0.6 is 0 Å². The van der Waals surface area contributed by atoms with Gasteiger partial charge in [-0.3, -0.25) is 14.3 Å². The molecule has 0 aliphatic heterocycles. The highest BCUT2D eigenvalue weighted by molar-refractivity contribution is 6.05. The van der Waals surface area contributed by atoms with Gasteiger partial charge in [-0.2, -0.15) is 5.10 Å². The normalized spacial score (nSPS) is 13.9. The number of carboxylic acid groups (broad SMARTS) is 1. The van der Waals surface area contributed by atoms with Crippen LogP contribution in [0.5, 0.6) is 0 Å². The van der Waals surface area contributed by atoms with E-state index in [9.17, 15) is 9.59 Å². The molecule has 1 heterocycles. The lowest BCUT2D eigenvalue weighted by molar-refractivity contribution is -0.136. The lowest BCUT2D eigenvalue weighted by Crippen LogP contribution is -2.16. The van der Waals surface area contributed by atoms with Crippen LogP contribution in [-0.2, 0) is 17.8 Å². The molecule has 1 fully saturated rings. The van der Waals surface area contributed by atoms with Crippen LogP contribution in [0.25, 0.3) is 0 Å². The fourth-order valence-corrected chi connectivity index (χ4v) is 2.98. The Hall–Kier alpha value is -2.63. The van der Waals surface area contributed by atoms with E-state index in [2.05, 4.69) is 24.3 Å². The number of amides is 1. The summed E-state index contributed by atoms with van der Waals surface area (Å²) in [7, 11) is 0. The van der Waals surface area contributed by atoms with E-state index in [-0.39, 0.29) is 12.3 Å². The summed E-state index contributed by atoms with van der Waals surface area (Å²) in [5.74, 6) is -0.208. The van der Waals surface area contributed by atoms with Gasteiger partial charge in [0.1, 0.15) is 0 Å². The number of aliphatic carboxylic acids is 1. The zero-order chi connectivity index (χ0) is 18.0. The SMILES string of the molecule is CC(C)Cn1ncc(C(=O)Nc2cccc(CC(=O)O)c2)c1C1CC1. The van der Waals surface area contributed by atoms with Gasteiger partial charge in [0.25, 0.3) is 5.91 Å². The quantitative estimate of drug-likeness (QED) is 0.809. The van der Waals surface area contributed by atoms with Crippen LogP contribution in [0.4, 0.5) is 5.69 Å². The molecular formula is C19H23N3O3. The molecule has 0 atom stereocenters. The zero-order valence-corrected chi connectivity index (χ0v) is 14.5. The summed E-state index contributed by atoms with van der Waals surface area (Å²) in [4.78, 5) is 23.6. The summed E-state index contributed by atoms with van der Waals surface area (Å²) in [5.41, 5.74) is 2.89. The minimum atomic E-state index is -0.894. The van der Waals surface area contributed by atoms with Gasteiger partial charge in [-0.05, 0) is 36.5 Å². The highest BCUT2D eigenvalue weighted by Gasteiger charge is 2.32. The smallest absolute Gasteiger partial charge is 0.307 e. The summed E-state index contributed by atoms with van der Waals surface area (Å²) < 4.78 is 1.96. The number of nitrogens with one attached hydrogen (secondary N) is 1. The van der Waals surface area contributed by atoms with Crippen LogP contribution in [0.1, 0.15) is 54.2 Å². The Kier molecular flexibility index (Phi) is 4.88. The minimum Gasteiger partial charge on any atom is -0.481 e. The summed E-state index contributed by atoms with van der Waals surface area (Å²) in [5, 5.41) is 16.2. The van der Waals surface area contributed by atoms with Crippen molar-refractivity contribution in [2.45, 2.75) is 45.6 Å². The van der Waals surface area contributed by atoms with Crippen molar-refractivity contribution in [3.63, 3.8) is 0 Å². The maximum Gasteiger partial charge on any atom is 0.307 e. The number of carboxylic acids is 1. The van der Waals surface area contributed by atoms with Crippen LogP contribution in [0, 0.1) is 5.92 Å². The molecule has 1 aliphatic carbocycles. The Morgan fingerprint density at radius 2 is 2.12 bits per heavy atom. The monoisotopic (exact) mass is 341 g/mol. The predicted octanol–water partition coefficient (Wildman–Crippen LogP) is 3.30. The molecule has 1 aliphatic rings. The second-order valence-electron chi connectivity index (χ2n) is 7.02. The molecule has 132 valence electrons. The molecule has 0 unspecified atom stereocenters. The van der Waals surface area contributed by atoms with Crippen LogP contribution in [0.3, 0.4) is 0 Å². The first-order valence-electron chi connectivity index (χ1n) is 8.62. The fourth-order valence-electron chi connectivity index (χ4n) is 2.98. The second kappa shape index (κ2) is 7.09. The molecule has 0 spiro atoms. The molecule has 1 saturated carbocycles. The van der Waals surface area contributed by atoms with Gasteiger partial charge in [0.05, 0.1) is 23.9 Å². The van der Waals surface area contributed by atoms with Crippen LogP contribution < -0.4 is 5.32 Å². The Morgan fingerprint density at radius 3 is 2.76 bits per heavy atom. The fraction of sp³-hybridized carbons (Fsp3) is 0.421. The number of carbonyl (C=O) groups excluding carboxylic acids is 1. The maximum absolute atomic E-state index is 12.7. The van der Waals surface area contributed by atoms with E-state index < -0.39 is 5.97 Å². The average Bonchev–Trinajstić information content (AvgIpc) is 3.27. The van der Waals surface area contributed by atoms with E-state index in [1.165, 1.54) is 0 Å². The Balaban J connectivity index is 1.80. The Labute approximate surface area is 146 Å². The molecule has 6 nitrogen and oxygen atoms in total. The summed E-state index contributed by atoms with van der Waals surface area (Å²) in [6, 6.07) is 6.94. The number of carbonyl (C=O) groups is 2. The van der Waals surface area contributed by atoms with E-state index in [0.29, 0.717) is 28.7 Å². The molecule has 1 aromatic heterocycles. The third kappa shape index (κ3) is 4.26. The second-order valence-corrected chi connectivity index (χ2v) is 7.02. The molecular weight excluding hydrogens is 318 g/mol. The van der Waals surface area contributed by atoms with Crippen molar-refractivity contribution in [1.29, 1.82) is 0 Å². The van der Waals surface area contributed by atoms with E-state index in [0.717, 1.165) is 25.1 Å². The first-order valence-corrected chi connectivity index (χ1v) is 8.62. The third-order valence-electron chi connectivity index (χ3n) is 4.17. The van der Waals surface area contributed by atoms with E-state index in [1.807, 2.05) is 4.68 Å². The number of rotatable bonds is 7. The molecule has 2 aromatic rings. The molecule has 1 amide bonds. The standard InChI is InChI=1S/C19H23N3O3/c1-12(2)11-22-18(14-6-7-14)16(10-20-22)19(25)21-15-5-3-4-13(8-15)9-17(23)24/h3-5,8,10,12,14H,6-7,9,11H2,1-2H3,(H,21,25)(H,23,24). The molecule has 0 bridgehead atoms. The molecule has 25 heavy (non-hydrogen) atoms. The van der Waals surface area contributed by atoms with Crippen molar-refractivity contribution in [3.05, 3.63) is 47.3 Å². The van der Waals surface area contributed by atoms with Crippen LogP contribution in [-0.4, -0.2) is 26.8 Å². The minimum absolute atomic E-state index is 0.0661. The lowest BCUT2D eigenvalue weighted by Gasteiger charge is -2.11. The highest BCUT2D eigenvalue weighted by Crippen LogP contribution is 2.42. The van der Waals surface area contributed by atoms with Gasteiger partial charge < -0.3 is 10.4 Å². The number of nitrogens with zero attached hydrogens (tertiary/aromatic N) is 2. The Morgan fingerprint density at radius 1 is 1.36 bits per heavy atom. The van der Waals surface area contributed by atoms with Crippen molar-refractivity contribution < 1.29 is 14.7 Å². The molecule has 2 N–H and O–H groups in total. The number of benzene rings is 1. The van der Waals surface area contributed by atoms with E-state index >= 15 is 0 Å². The molecule has 3 rings (SSSR count). The third-order valence-corrected chi connectivity index (χ3v) is 4.17. The molecule has 6 heteroatoms. The highest BCUT2D eigenvalue weighted by atomic mass is 16.4. The van der Waals surface area contributed by atoms with Gasteiger partial charge >= 0.3 is 5.97 Å². The zero-order valence-electron chi connectivity index (χ0n) is 14.5. The van der Waals surface area contributed by atoms with E-state index in [1.54, 1.807) is 30.5 Å². The summed E-state index contributed by atoms with van der Waals surface area (Å²) in [6.07, 6.45) is 3.77. The van der Waals surface area contributed by atoms with Gasteiger partial charge in [0, 0.05) is 18.2 Å². The lowest BCUT2D eigenvalue weighted by atomic mass is 10.1. The van der Waals surface area contributed by atoms with Gasteiger partial charge in [-0.25, -0.2) is 0 Å². The van der Waals surface area contributed by atoms with Crippen molar-refractivity contribution >= 4 is 17.6 Å². The molecule has 0 radical (unpaired) electrons. The summed E-state index contributed by atoms with van der Waals surface area (Å²) in [6.45, 7) is 5.06. The largest absolute Gasteiger partial charge is 0.481 e.